The minimum Gasteiger partial charge on any atom is -0.490 e. The molecule has 1 heterocycles. The van der Waals surface area contributed by atoms with Gasteiger partial charge in [-0.1, -0.05) is 35.3 Å². The van der Waals surface area contributed by atoms with Gasteiger partial charge in [-0.3, -0.25) is 5.43 Å². The zero-order valence-corrected chi connectivity index (χ0v) is 21.3. The number of hydrogen-bond acceptors (Lipinski definition) is 8. The number of urea groups is 1. The van der Waals surface area contributed by atoms with Crippen molar-refractivity contribution in [1.29, 1.82) is 0 Å². The molecule has 0 saturated heterocycles. The summed E-state index contributed by atoms with van der Waals surface area (Å²) in [7, 11) is 1.27. The van der Waals surface area contributed by atoms with Crippen molar-refractivity contribution in [3.63, 3.8) is 0 Å². The van der Waals surface area contributed by atoms with E-state index >= 15 is 0 Å². The van der Waals surface area contributed by atoms with Crippen LogP contribution in [0.3, 0.4) is 0 Å². The lowest BCUT2D eigenvalue weighted by molar-refractivity contribution is -0.136. The maximum absolute atomic E-state index is 12.3. The molecule has 0 fully saturated rings. The summed E-state index contributed by atoms with van der Waals surface area (Å²) in [4.78, 5) is 24.4. The number of ether oxygens (including phenoxy) is 3. The minimum atomic E-state index is -1.13. The molecule has 0 saturated carbocycles. The number of halogens is 2. The molecule has 192 valence electrons. The van der Waals surface area contributed by atoms with Gasteiger partial charge in [-0.15, -0.1) is 0 Å². The smallest absolute Gasteiger partial charge is 0.337 e. The molecule has 0 unspecified atom stereocenters. The molecule has 0 radical (unpaired) electrons. The lowest BCUT2D eigenvalue weighted by Gasteiger charge is -2.28. The largest absolute Gasteiger partial charge is 0.490 e. The molecular formula is C24H26Cl2N4O6. The number of nitrogens with zero attached hydrogens (tertiary/aromatic N) is 1. The number of benzene rings is 2. The Labute approximate surface area is 218 Å². The van der Waals surface area contributed by atoms with Crippen molar-refractivity contribution in [2.45, 2.75) is 26.1 Å². The van der Waals surface area contributed by atoms with E-state index in [9.17, 15) is 14.7 Å². The Hall–Kier alpha value is -3.47. The van der Waals surface area contributed by atoms with Crippen LogP contribution in [0.1, 0.15) is 31.0 Å². The summed E-state index contributed by atoms with van der Waals surface area (Å²) in [5.41, 5.74) is 4.50. The fraction of sp³-hybridized carbons (Fsp3) is 0.292. The zero-order valence-electron chi connectivity index (χ0n) is 19.8. The first-order valence-corrected chi connectivity index (χ1v) is 11.7. The standard InChI is InChI=1S/C24H26Cl2N4O6/c1-4-35-19-10-15(22-21(23(32)34-3)13(2)28-24(33)29-22)6-8-18(19)36-12-20(31)30-27-11-14-5-7-16(25)17(26)9-14/h5-11,20,22,30-31H,4,12H2,1-3H3,(H2,28,29,33)/b27-11-/t20-,22+/m0/s1. The van der Waals surface area contributed by atoms with Crippen LogP contribution in [0.4, 0.5) is 4.79 Å². The van der Waals surface area contributed by atoms with Gasteiger partial charge in [0, 0.05) is 5.70 Å². The van der Waals surface area contributed by atoms with Crippen LogP contribution >= 0.6 is 23.2 Å². The normalized spacial score (nSPS) is 16.3. The van der Waals surface area contributed by atoms with Crippen LogP contribution in [0.5, 0.6) is 11.5 Å². The van der Waals surface area contributed by atoms with Crippen molar-refractivity contribution in [2.75, 3.05) is 20.3 Å². The summed E-state index contributed by atoms with van der Waals surface area (Å²) in [6, 6.07) is 8.79. The Kier molecular flexibility index (Phi) is 9.40. The highest BCUT2D eigenvalue weighted by Crippen LogP contribution is 2.35. The third-order valence-electron chi connectivity index (χ3n) is 5.05. The Bertz CT molecular complexity index is 1190. The summed E-state index contributed by atoms with van der Waals surface area (Å²) in [6.07, 6.45) is 0.353. The van der Waals surface area contributed by atoms with Crippen LogP contribution in [0.15, 0.2) is 52.8 Å². The molecule has 10 nitrogen and oxygen atoms in total. The van der Waals surface area contributed by atoms with Gasteiger partial charge in [-0.2, -0.15) is 5.10 Å². The van der Waals surface area contributed by atoms with Crippen molar-refractivity contribution in [2.24, 2.45) is 5.10 Å². The van der Waals surface area contributed by atoms with Crippen molar-refractivity contribution in [3.8, 4) is 11.5 Å². The summed E-state index contributed by atoms with van der Waals surface area (Å²) >= 11 is 11.9. The number of esters is 1. The number of carbonyl (C=O) groups is 2. The average molecular weight is 537 g/mol. The summed E-state index contributed by atoms with van der Waals surface area (Å²) in [6.45, 7) is 3.62. The monoisotopic (exact) mass is 536 g/mol. The Morgan fingerprint density at radius 3 is 2.67 bits per heavy atom. The molecule has 1 aliphatic rings. The van der Waals surface area contributed by atoms with Gasteiger partial charge in [-0.05, 0) is 49.2 Å². The highest BCUT2D eigenvalue weighted by molar-refractivity contribution is 6.42. The molecule has 2 amide bonds. The third-order valence-corrected chi connectivity index (χ3v) is 5.79. The number of nitrogens with one attached hydrogen (secondary N) is 3. The van der Waals surface area contributed by atoms with E-state index in [4.69, 9.17) is 37.4 Å². The molecule has 2 aromatic carbocycles. The van der Waals surface area contributed by atoms with Crippen LogP contribution in [0.25, 0.3) is 0 Å². The van der Waals surface area contributed by atoms with E-state index in [0.717, 1.165) is 0 Å². The molecule has 0 aliphatic carbocycles. The van der Waals surface area contributed by atoms with Crippen molar-refractivity contribution >= 4 is 41.4 Å². The Balaban J connectivity index is 1.70. The molecule has 12 heteroatoms. The topological polar surface area (TPSA) is 131 Å². The van der Waals surface area contributed by atoms with E-state index in [-0.39, 0.29) is 12.2 Å². The van der Waals surface area contributed by atoms with Crippen molar-refractivity contribution < 1.29 is 28.9 Å². The lowest BCUT2D eigenvalue weighted by Crippen LogP contribution is -2.45. The van der Waals surface area contributed by atoms with Crippen LogP contribution in [-0.4, -0.2) is 49.9 Å². The maximum atomic E-state index is 12.3. The van der Waals surface area contributed by atoms with Gasteiger partial charge in [0.05, 0.1) is 41.6 Å². The highest BCUT2D eigenvalue weighted by Gasteiger charge is 2.32. The molecule has 36 heavy (non-hydrogen) atoms. The van der Waals surface area contributed by atoms with E-state index < -0.39 is 24.3 Å². The van der Waals surface area contributed by atoms with Gasteiger partial charge >= 0.3 is 12.0 Å². The predicted octanol–water partition coefficient (Wildman–Crippen LogP) is 3.51. The molecule has 0 bridgehead atoms. The zero-order chi connectivity index (χ0) is 26.2. The van der Waals surface area contributed by atoms with E-state index in [2.05, 4.69) is 21.2 Å². The Morgan fingerprint density at radius 1 is 1.19 bits per heavy atom. The van der Waals surface area contributed by atoms with Crippen LogP contribution in [0, 0.1) is 0 Å². The number of aliphatic hydroxyl groups excluding tert-OH is 1. The summed E-state index contributed by atoms with van der Waals surface area (Å²) in [5, 5.41) is 20.3. The number of rotatable bonds is 10. The fourth-order valence-corrected chi connectivity index (χ4v) is 3.72. The second-order valence-electron chi connectivity index (χ2n) is 7.59. The predicted molar refractivity (Wildman–Crippen MR) is 135 cm³/mol. The third kappa shape index (κ3) is 6.81. The first-order valence-electron chi connectivity index (χ1n) is 10.9. The van der Waals surface area contributed by atoms with Gasteiger partial charge < -0.3 is 30.0 Å². The van der Waals surface area contributed by atoms with Gasteiger partial charge in [0.25, 0.3) is 0 Å². The summed E-state index contributed by atoms with van der Waals surface area (Å²) < 4.78 is 16.3. The minimum absolute atomic E-state index is 0.144. The number of hydrazone groups is 1. The van der Waals surface area contributed by atoms with Crippen LogP contribution in [-0.2, 0) is 9.53 Å². The van der Waals surface area contributed by atoms with Crippen LogP contribution in [0.2, 0.25) is 10.0 Å². The molecule has 3 rings (SSSR count). The van der Waals surface area contributed by atoms with Crippen molar-refractivity contribution in [1.82, 2.24) is 16.1 Å². The first kappa shape index (κ1) is 27.1. The second kappa shape index (κ2) is 12.5. The fourth-order valence-electron chi connectivity index (χ4n) is 3.41. The lowest BCUT2D eigenvalue weighted by atomic mass is 9.95. The molecule has 4 N–H and O–H groups in total. The summed E-state index contributed by atoms with van der Waals surface area (Å²) in [5.74, 6) is 0.158. The van der Waals surface area contributed by atoms with E-state index in [1.807, 2.05) is 0 Å². The molecule has 2 atom stereocenters. The number of allylic oxidation sites excluding steroid dienone is 1. The Morgan fingerprint density at radius 2 is 1.97 bits per heavy atom. The van der Waals surface area contributed by atoms with E-state index in [1.165, 1.54) is 13.3 Å². The number of methoxy groups -OCH3 is 1. The number of amides is 2. The second-order valence-corrected chi connectivity index (χ2v) is 8.40. The molecule has 1 aliphatic heterocycles. The van der Waals surface area contributed by atoms with Crippen molar-refractivity contribution in [3.05, 3.63) is 68.8 Å². The molecular weight excluding hydrogens is 511 g/mol. The van der Waals surface area contributed by atoms with Gasteiger partial charge in [0.2, 0.25) is 0 Å². The van der Waals surface area contributed by atoms with Gasteiger partial charge in [0.15, 0.2) is 17.7 Å². The van der Waals surface area contributed by atoms with E-state index in [0.29, 0.717) is 45.0 Å². The number of aliphatic hydroxyl groups is 1. The molecule has 2 aromatic rings. The van der Waals surface area contributed by atoms with Crippen LogP contribution < -0.4 is 25.5 Å². The van der Waals surface area contributed by atoms with Gasteiger partial charge in [0.1, 0.15) is 6.61 Å². The average Bonchev–Trinajstić information content (AvgIpc) is 2.84. The number of carbonyl (C=O) groups excluding carboxylic acids is 2. The molecule has 0 spiro atoms. The van der Waals surface area contributed by atoms with Gasteiger partial charge in [-0.25, -0.2) is 9.59 Å². The number of hydrogen-bond donors (Lipinski definition) is 4. The SMILES string of the molecule is CCOc1cc([C@H]2NC(=O)NC(C)=C2C(=O)OC)ccc1OC[C@H](O)N/N=C\c1ccc(Cl)c(Cl)c1. The van der Waals surface area contributed by atoms with E-state index in [1.54, 1.807) is 50.2 Å². The maximum Gasteiger partial charge on any atom is 0.337 e. The first-order chi connectivity index (χ1) is 17.2. The quantitative estimate of drug-likeness (QED) is 0.158. The highest BCUT2D eigenvalue weighted by atomic mass is 35.5. The molecule has 0 aromatic heterocycles.